The SMILES string of the molecule is CCN(CCNC(=O)CCc1ccc(C(C)C)cc1)C(C)C. The van der Waals surface area contributed by atoms with Crippen molar-refractivity contribution in [2.75, 3.05) is 19.6 Å². The summed E-state index contributed by atoms with van der Waals surface area (Å²) < 4.78 is 0. The zero-order valence-electron chi connectivity index (χ0n) is 14.9. The Balaban J connectivity index is 2.28. The number of carbonyl (C=O) groups is 1. The molecule has 0 fully saturated rings. The Morgan fingerprint density at radius 1 is 1.14 bits per heavy atom. The second-order valence-electron chi connectivity index (χ2n) is 6.47. The van der Waals surface area contributed by atoms with Gasteiger partial charge >= 0.3 is 0 Å². The molecule has 1 rings (SSSR count). The third-order valence-electron chi connectivity index (χ3n) is 4.14. The minimum Gasteiger partial charge on any atom is -0.355 e. The fourth-order valence-electron chi connectivity index (χ4n) is 2.54. The van der Waals surface area contributed by atoms with E-state index in [0.717, 1.165) is 26.1 Å². The Kier molecular flexibility index (Phi) is 8.18. The van der Waals surface area contributed by atoms with Gasteiger partial charge in [-0.25, -0.2) is 0 Å². The maximum Gasteiger partial charge on any atom is 0.220 e. The molecule has 0 aliphatic rings. The normalized spacial score (nSPS) is 11.5. The van der Waals surface area contributed by atoms with Gasteiger partial charge in [-0.2, -0.15) is 0 Å². The Morgan fingerprint density at radius 2 is 1.77 bits per heavy atom. The standard InChI is InChI=1S/C19H32N2O/c1-6-21(16(4)5)14-13-20-19(22)12-9-17-7-10-18(11-8-17)15(2)3/h7-8,10-11,15-16H,6,9,12-14H2,1-5H3,(H,20,22). The number of aryl methyl sites for hydroxylation is 1. The Morgan fingerprint density at radius 3 is 2.27 bits per heavy atom. The Hall–Kier alpha value is -1.35. The van der Waals surface area contributed by atoms with E-state index in [2.05, 4.69) is 69.1 Å². The van der Waals surface area contributed by atoms with Gasteiger partial charge in [-0.3, -0.25) is 9.69 Å². The summed E-state index contributed by atoms with van der Waals surface area (Å²) in [6.45, 7) is 13.6. The molecule has 0 aliphatic carbocycles. The number of likely N-dealkylation sites (N-methyl/N-ethyl adjacent to an activating group) is 1. The topological polar surface area (TPSA) is 32.3 Å². The van der Waals surface area contributed by atoms with Crippen LogP contribution in [0.5, 0.6) is 0 Å². The summed E-state index contributed by atoms with van der Waals surface area (Å²) in [7, 11) is 0. The molecule has 1 N–H and O–H groups in total. The molecule has 0 atom stereocenters. The van der Waals surface area contributed by atoms with E-state index in [1.807, 2.05) is 0 Å². The second kappa shape index (κ2) is 9.62. The van der Waals surface area contributed by atoms with E-state index in [1.54, 1.807) is 0 Å². The van der Waals surface area contributed by atoms with Crippen molar-refractivity contribution >= 4 is 5.91 Å². The van der Waals surface area contributed by atoms with Crippen LogP contribution in [-0.2, 0) is 11.2 Å². The largest absolute Gasteiger partial charge is 0.355 e. The zero-order chi connectivity index (χ0) is 16.5. The number of rotatable bonds is 9. The number of amides is 1. The highest BCUT2D eigenvalue weighted by molar-refractivity contribution is 5.76. The van der Waals surface area contributed by atoms with E-state index in [9.17, 15) is 4.79 Å². The first-order valence-corrected chi connectivity index (χ1v) is 8.53. The van der Waals surface area contributed by atoms with Crippen LogP contribution in [0.4, 0.5) is 0 Å². The van der Waals surface area contributed by atoms with Crippen LogP contribution in [0.1, 0.15) is 58.1 Å². The number of hydrogen-bond acceptors (Lipinski definition) is 2. The van der Waals surface area contributed by atoms with Crippen molar-refractivity contribution in [3.63, 3.8) is 0 Å². The average Bonchev–Trinajstić information content (AvgIpc) is 2.49. The van der Waals surface area contributed by atoms with Gasteiger partial charge in [0.15, 0.2) is 0 Å². The van der Waals surface area contributed by atoms with Crippen LogP contribution in [0.3, 0.4) is 0 Å². The van der Waals surface area contributed by atoms with E-state index in [4.69, 9.17) is 0 Å². The lowest BCUT2D eigenvalue weighted by molar-refractivity contribution is -0.121. The van der Waals surface area contributed by atoms with Crippen LogP contribution >= 0.6 is 0 Å². The highest BCUT2D eigenvalue weighted by Crippen LogP contribution is 2.15. The van der Waals surface area contributed by atoms with Crippen LogP contribution in [0.2, 0.25) is 0 Å². The van der Waals surface area contributed by atoms with Gasteiger partial charge in [-0.1, -0.05) is 45.0 Å². The third kappa shape index (κ3) is 6.61. The van der Waals surface area contributed by atoms with Crippen molar-refractivity contribution < 1.29 is 4.79 Å². The molecule has 0 bridgehead atoms. The molecule has 3 heteroatoms. The Labute approximate surface area is 136 Å². The van der Waals surface area contributed by atoms with Gasteiger partial charge in [-0.15, -0.1) is 0 Å². The predicted octanol–water partition coefficient (Wildman–Crippen LogP) is 3.59. The number of hydrogen-bond donors (Lipinski definition) is 1. The molecular formula is C19H32N2O. The van der Waals surface area contributed by atoms with Crippen molar-refractivity contribution in [3.8, 4) is 0 Å². The van der Waals surface area contributed by atoms with E-state index in [-0.39, 0.29) is 5.91 Å². The van der Waals surface area contributed by atoms with Crippen LogP contribution < -0.4 is 5.32 Å². The molecule has 0 unspecified atom stereocenters. The summed E-state index contributed by atoms with van der Waals surface area (Å²) in [6.07, 6.45) is 1.38. The first-order valence-electron chi connectivity index (χ1n) is 8.53. The maximum atomic E-state index is 11.9. The summed E-state index contributed by atoms with van der Waals surface area (Å²) in [4.78, 5) is 14.3. The monoisotopic (exact) mass is 304 g/mol. The number of nitrogens with zero attached hydrogens (tertiary/aromatic N) is 1. The predicted molar refractivity (Wildman–Crippen MR) is 94.2 cm³/mol. The molecule has 3 nitrogen and oxygen atoms in total. The molecule has 22 heavy (non-hydrogen) atoms. The van der Waals surface area contributed by atoms with E-state index in [1.165, 1.54) is 11.1 Å². The van der Waals surface area contributed by atoms with Gasteiger partial charge in [0.1, 0.15) is 0 Å². The first-order chi connectivity index (χ1) is 10.4. The molecule has 0 spiro atoms. The molecule has 0 heterocycles. The summed E-state index contributed by atoms with van der Waals surface area (Å²) >= 11 is 0. The highest BCUT2D eigenvalue weighted by Gasteiger charge is 2.07. The van der Waals surface area contributed by atoms with Crippen LogP contribution in [-0.4, -0.2) is 36.5 Å². The van der Waals surface area contributed by atoms with Crippen molar-refractivity contribution in [2.45, 2.75) is 59.4 Å². The first kappa shape index (κ1) is 18.7. The molecule has 1 aromatic carbocycles. The van der Waals surface area contributed by atoms with Gasteiger partial charge in [0.05, 0.1) is 0 Å². The average molecular weight is 304 g/mol. The summed E-state index contributed by atoms with van der Waals surface area (Å²) in [5.74, 6) is 0.701. The molecule has 1 amide bonds. The van der Waals surface area contributed by atoms with Gasteiger partial charge in [0.25, 0.3) is 0 Å². The second-order valence-corrected chi connectivity index (χ2v) is 6.47. The molecule has 1 aromatic rings. The van der Waals surface area contributed by atoms with Crippen molar-refractivity contribution in [3.05, 3.63) is 35.4 Å². The number of nitrogens with one attached hydrogen (secondary N) is 1. The van der Waals surface area contributed by atoms with E-state index in [0.29, 0.717) is 18.4 Å². The highest BCUT2D eigenvalue weighted by atomic mass is 16.1. The lowest BCUT2D eigenvalue weighted by Crippen LogP contribution is -2.38. The quantitative estimate of drug-likeness (QED) is 0.756. The minimum atomic E-state index is 0.146. The number of carbonyl (C=O) groups excluding carboxylic acids is 1. The van der Waals surface area contributed by atoms with Crippen molar-refractivity contribution in [1.29, 1.82) is 0 Å². The summed E-state index contributed by atoms with van der Waals surface area (Å²) in [6, 6.07) is 9.14. The van der Waals surface area contributed by atoms with Gasteiger partial charge in [0.2, 0.25) is 5.91 Å². The van der Waals surface area contributed by atoms with Crippen LogP contribution in [0, 0.1) is 0 Å². The zero-order valence-corrected chi connectivity index (χ0v) is 14.9. The lowest BCUT2D eigenvalue weighted by atomic mass is 10.0. The van der Waals surface area contributed by atoms with Gasteiger partial charge < -0.3 is 5.32 Å². The Bertz CT molecular complexity index is 437. The van der Waals surface area contributed by atoms with Crippen molar-refractivity contribution in [2.24, 2.45) is 0 Å². The smallest absolute Gasteiger partial charge is 0.220 e. The molecule has 0 aromatic heterocycles. The van der Waals surface area contributed by atoms with E-state index < -0.39 is 0 Å². The molecular weight excluding hydrogens is 272 g/mol. The number of benzene rings is 1. The summed E-state index contributed by atoms with van der Waals surface area (Å²) in [5, 5.41) is 3.02. The summed E-state index contributed by atoms with van der Waals surface area (Å²) in [5.41, 5.74) is 2.58. The maximum absolute atomic E-state index is 11.9. The van der Waals surface area contributed by atoms with Crippen LogP contribution in [0.25, 0.3) is 0 Å². The molecule has 0 saturated heterocycles. The van der Waals surface area contributed by atoms with Crippen molar-refractivity contribution in [1.82, 2.24) is 10.2 Å². The van der Waals surface area contributed by atoms with E-state index >= 15 is 0 Å². The van der Waals surface area contributed by atoms with Crippen LogP contribution in [0.15, 0.2) is 24.3 Å². The molecule has 0 radical (unpaired) electrons. The third-order valence-corrected chi connectivity index (χ3v) is 4.14. The fraction of sp³-hybridized carbons (Fsp3) is 0.632. The minimum absolute atomic E-state index is 0.146. The molecule has 124 valence electrons. The van der Waals surface area contributed by atoms with Gasteiger partial charge in [-0.05, 0) is 43.9 Å². The lowest BCUT2D eigenvalue weighted by Gasteiger charge is -2.24. The van der Waals surface area contributed by atoms with Gasteiger partial charge in [0, 0.05) is 25.6 Å². The molecule has 0 saturated carbocycles. The molecule has 0 aliphatic heterocycles. The fourth-order valence-corrected chi connectivity index (χ4v) is 2.54.